The van der Waals surface area contributed by atoms with E-state index < -0.39 is 0 Å². The summed E-state index contributed by atoms with van der Waals surface area (Å²) < 4.78 is 1.55. The summed E-state index contributed by atoms with van der Waals surface area (Å²) in [5.41, 5.74) is 6.11. The van der Waals surface area contributed by atoms with Gasteiger partial charge < -0.3 is 0 Å². The first-order chi connectivity index (χ1) is 13.5. The van der Waals surface area contributed by atoms with Crippen molar-refractivity contribution in [2.45, 2.75) is 46.5 Å². The topological polar surface area (TPSA) is 73.9 Å². The molecule has 0 bridgehead atoms. The number of hydrogen-bond donors (Lipinski definition) is 1. The highest BCUT2D eigenvalue weighted by Gasteiger charge is 2.20. The van der Waals surface area contributed by atoms with Crippen molar-refractivity contribution in [3.05, 3.63) is 66.9 Å². The van der Waals surface area contributed by atoms with Gasteiger partial charge in [-0.15, -0.1) is 11.3 Å². The molecule has 0 unspecified atom stereocenters. The van der Waals surface area contributed by atoms with Crippen molar-refractivity contribution in [1.82, 2.24) is 9.78 Å². The van der Waals surface area contributed by atoms with Gasteiger partial charge in [-0.3, -0.25) is 9.89 Å². The van der Waals surface area contributed by atoms with Gasteiger partial charge in [0.1, 0.15) is 11.1 Å². The Morgan fingerprint density at radius 2 is 2.00 bits per heavy atom. The van der Waals surface area contributed by atoms with E-state index >= 15 is 0 Å². The van der Waals surface area contributed by atoms with Crippen LogP contribution in [0, 0.1) is 32.1 Å². The van der Waals surface area contributed by atoms with E-state index in [1.54, 1.807) is 22.2 Å². The maximum Gasteiger partial charge on any atom is 0.280 e. The molecule has 1 aromatic carbocycles. The molecule has 5 nitrogen and oxygen atoms in total. The van der Waals surface area contributed by atoms with Gasteiger partial charge in [0.2, 0.25) is 0 Å². The van der Waals surface area contributed by atoms with Gasteiger partial charge >= 0.3 is 0 Å². The molecule has 6 heteroatoms. The van der Waals surface area contributed by atoms with E-state index in [9.17, 15) is 10.1 Å². The van der Waals surface area contributed by atoms with E-state index in [2.05, 4.69) is 16.2 Å². The summed E-state index contributed by atoms with van der Waals surface area (Å²) in [5.74, 6) is 0. The number of aliphatic imine (C=N–C) groups is 1. The zero-order valence-electron chi connectivity index (χ0n) is 16.3. The van der Waals surface area contributed by atoms with E-state index in [0.29, 0.717) is 16.1 Å². The van der Waals surface area contributed by atoms with E-state index in [0.717, 1.165) is 41.8 Å². The van der Waals surface area contributed by atoms with Crippen LogP contribution in [0.3, 0.4) is 0 Å². The maximum absolute atomic E-state index is 12.9. The average molecular weight is 391 g/mol. The summed E-state index contributed by atoms with van der Waals surface area (Å²) in [6.45, 7) is 5.95. The highest BCUT2D eigenvalue weighted by Crippen LogP contribution is 2.39. The number of rotatable bonds is 3. The zero-order valence-corrected chi connectivity index (χ0v) is 17.1. The number of H-pyrrole nitrogens is 1. The van der Waals surface area contributed by atoms with Crippen molar-refractivity contribution < 1.29 is 0 Å². The third-order valence-electron chi connectivity index (χ3n) is 5.44. The monoisotopic (exact) mass is 390 g/mol. The van der Waals surface area contributed by atoms with Gasteiger partial charge in [-0.2, -0.15) is 5.26 Å². The Kier molecular flexibility index (Phi) is 4.78. The summed E-state index contributed by atoms with van der Waals surface area (Å²) in [7, 11) is 0. The number of nitriles is 1. The molecule has 1 aliphatic rings. The molecule has 0 fully saturated rings. The predicted octanol–water partition coefficient (Wildman–Crippen LogP) is 4.65. The summed E-state index contributed by atoms with van der Waals surface area (Å²) in [6, 6.07) is 8.25. The fourth-order valence-electron chi connectivity index (χ4n) is 3.64. The van der Waals surface area contributed by atoms with Gasteiger partial charge in [0.05, 0.1) is 16.8 Å². The molecule has 0 saturated heterocycles. The molecule has 2 heterocycles. The summed E-state index contributed by atoms with van der Waals surface area (Å²) >= 11 is 1.58. The molecule has 1 N–H and O–H groups in total. The minimum Gasteiger partial charge on any atom is -0.295 e. The van der Waals surface area contributed by atoms with Crippen molar-refractivity contribution in [2.75, 3.05) is 0 Å². The van der Waals surface area contributed by atoms with Crippen LogP contribution < -0.4 is 5.56 Å². The first kappa shape index (κ1) is 18.5. The van der Waals surface area contributed by atoms with Crippen molar-refractivity contribution >= 4 is 22.6 Å². The number of nitrogens with zero attached hydrogens (tertiary/aromatic N) is 3. The van der Waals surface area contributed by atoms with Crippen LogP contribution in [0.4, 0.5) is 5.00 Å². The Labute approximate surface area is 168 Å². The minimum absolute atomic E-state index is 0.135. The van der Waals surface area contributed by atoms with Gasteiger partial charge in [-0.25, -0.2) is 9.67 Å². The maximum atomic E-state index is 12.9. The van der Waals surface area contributed by atoms with Crippen molar-refractivity contribution in [3.8, 4) is 11.8 Å². The number of benzene rings is 1. The minimum atomic E-state index is -0.135. The average Bonchev–Trinajstić information content (AvgIpc) is 3.19. The van der Waals surface area contributed by atoms with E-state index in [-0.39, 0.29) is 5.56 Å². The molecule has 142 valence electrons. The Morgan fingerprint density at radius 1 is 1.21 bits per heavy atom. The molecule has 0 radical (unpaired) electrons. The third kappa shape index (κ3) is 3.12. The number of nitrogens with one attached hydrogen (secondary N) is 1. The molecule has 4 rings (SSSR count). The number of fused-ring (bicyclic) bond motifs is 1. The molecule has 0 saturated carbocycles. The zero-order chi connectivity index (χ0) is 19.8. The molecule has 0 spiro atoms. The van der Waals surface area contributed by atoms with Gasteiger partial charge in [0.25, 0.3) is 5.56 Å². The molecule has 2 aromatic heterocycles. The molecule has 0 aliphatic heterocycles. The third-order valence-corrected chi connectivity index (χ3v) is 6.64. The molecular weight excluding hydrogens is 368 g/mol. The Hall–Kier alpha value is -2.91. The number of aryl methyl sites for hydroxylation is 4. The number of hydrogen-bond acceptors (Lipinski definition) is 4. The fourth-order valence-corrected chi connectivity index (χ4v) is 4.82. The summed E-state index contributed by atoms with van der Waals surface area (Å²) in [4.78, 5) is 18.8. The van der Waals surface area contributed by atoms with Crippen LogP contribution in [0.15, 0.2) is 28.0 Å². The Morgan fingerprint density at radius 3 is 2.75 bits per heavy atom. The Balaban J connectivity index is 1.73. The van der Waals surface area contributed by atoms with Crippen LogP contribution in [0.2, 0.25) is 0 Å². The molecule has 1 aliphatic carbocycles. The van der Waals surface area contributed by atoms with Crippen LogP contribution in [-0.2, 0) is 12.8 Å². The van der Waals surface area contributed by atoms with Crippen LogP contribution in [0.5, 0.6) is 0 Å². The lowest BCUT2D eigenvalue weighted by Gasteiger charge is -2.09. The van der Waals surface area contributed by atoms with Crippen molar-refractivity contribution in [3.63, 3.8) is 0 Å². The standard InChI is InChI=1S/C22H22N4OS/c1-13-8-9-16(10-14(13)2)26-22(27)19(15(3)25-26)12-24-21-18(11-23)17-6-4-5-7-20(17)28-21/h8-10,12,25H,4-7H2,1-3H3/b24-12+. The van der Waals surface area contributed by atoms with Gasteiger partial charge in [-0.05, 0) is 75.3 Å². The molecule has 28 heavy (non-hydrogen) atoms. The second-order valence-corrected chi connectivity index (χ2v) is 8.40. The molecular formula is C22H22N4OS. The number of aromatic nitrogens is 2. The van der Waals surface area contributed by atoms with Gasteiger partial charge in [0, 0.05) is 16.8 Å². The van der Waals surface area contributed by atoms with E-state index in [4.69, 9.17) is 0 Å². The first-order valence-corrected chi connectivity index (χ1v) is 10.3. The summed E-state index contributed by atoms with van der Waals surface area (Å²) in [6.07, 6.45) is 5.86. The van der Waals surface area contributed by atoms with Crippen LogP contribution >= 0.6 is 11.3 Å². The van der Waals surface area contributed by atoms with Crippen LogP contribution in [0.1, 0.15) is 51.2 Å². The van der Waals surface area contributed by atoms with Gasteiger partial charge in [-0.1, -0.05) is 6.07 Å². The predicted molar refractivity (Wildman–Crippen MR) is 114 cm³/mol. The SMILES string of the molecule is Cc1ccc(-n2[nH]c(C)c(/C=N/c3sc4c(c3C#N)CCCC4)c2=O)cc1C. The normalized spacial score (nSPS) is 13.6. The Bertz CT molecular complexity index is 1190. The largest absolute Gasteiger partial charge is 0.295 e. The second kappa shape index (κ2) is 7.25. The first-order valence-electron chi connectivity index (χ1n) is 9.47. The number of thiophene rings is 1. The fraction of sp³-hybridized carbons (Fsp3) is 0.318. The lowest BCUT2D eigenvalue weighted by Crippen LogP contribution is -2.17. The lowest BCUT2D eigenvalue weighted by atomic mass is 9.96. The molecule has 0 amide bonds. The van der Waals surface area contributed by atoms with Gasteiger partial charge in [0.15, 0.2) is 0 Å². The van der Waals surface area contributed by atoms with Crippen molar-refractivity contribution in [2.24, 2.45) is 4.99 Å². The highest BCUT2D eigenvalue weighted by molar-refractivity contribution is 7.16. The molecule has 3 aromatic rings. The highest BCUT2D eigenvalue weighted by atomic mass is 32.1. The van der Waals surface area contributed by atoms with Crippen LogP contribution in [-0.4, -0.2) is 16.0 Å². The van der Waals surface area contributed by atoms with Crippen molar-refractivity contribution in [1.29, 1.82) is 5.26 Å². The van der Waals surface area contributed by atoms with E-state index in [1.807, 2.05) is 39.0 Å². The number of aromatic amines is 1. The summed E-state index contributed by atoms with van der Waals surface area (Å²) in [5, 5.41) is 13.4. The lowest BCUT2D eigenvalue weighted by molar-refractivity contribution is 0.696. The molecule has 0 atom stereocenters. The van der Waals surface area contributed by atoms with Crippen LogP contribution in [0.25, 0.3) is 5.69 Å². The smallest absolute Gasteiger partial charge is 0.280 e. The van der Waals surface area contributed by atoms with E-state index in [1.165, 1.54) is 16.9 Å². The second-order valence-electron chi connectivity index (χ2n) is 7.32. The quantitative estimate of drug-likeness (QED) is 0.661.